The third kappa shape index (κ3) is 4.44. The summed E-state index contributed by atoms with van der Waals surface area (Å²) in [6.45, 7) is 2.12. The SMILES string of the molecule is COC(=O)CCCC=CCC1C2C=CC(C2)C1CC(C)N. The number of allylic oxidation sites excluding steroid dienone is 4. The molecule has 0 amide bonds. The van der Waals surface area contributed by atoms with E-state index in [4.69, 9.17) is 5.73 Å². The zero-order chi connectivity index (χ0) is 15.2. The zero-order valence-electron chi connectivity index (χ0n) is 13.3. The van der Waals surface area contributed by atoms with Gasteiger partial charge in [0.05, 0.1) is 7.11 Å². The first-order valence-corrected chi connectivity index (χ1v) is 8.27. The number of carbonyl (C=O) groups excluding carboxylic acids is 1. The third-order valence-electron chi connectivity index (χ3n) is 5.00. The minimum atomic E-state index is -0.112. The lowest BCUT2D eigenvalue weighted by Gasteiger charge is -2.28. The molecule has 0 aliphatic heterocycles. The largest absolute Gasteiger partial charge is 0.469 e. The van der Waals surface area contributed by atoms with Crippen LogP contribution in [0.4, 0.5) is 0 Å². The number of ether oxygens (including phenoxy) is 1. The van der Waals surface area contributed by atoms with E-state index in [-0.39, 0.29) is 5.97 Å². The first-order valence-electron chi connectivity index (χ1n) is 8.27. The maximum absolute atomic E-state index is 11.0. The van der Waals surface area contributed by atoms with Crippen molar-refractivity contribution < 1.29 is 9.53 Å². The highest BCUT2D eigenvalue weighted by Gasteiger charge is 2.43. The molecule has 0 aromatic carbocycles. The number of nitrogens with two attached hydrogens (primary N) is 1. The second kappa shape index (κ2) is 7.79. The van der Waals surface area contributed by atoms with E-state index < -0.39 is 0 Å². The lowest BCUT2D eigenvalue weighted by atomic mass is 9.78. The molecule has 3 heteroatoms. The molecule has 1 saturated carbocycles. The van der Waals surface area contributed by atoms with Crippen LogP contribution in [-0.4, -0.2) is 19.1 Å². The Morgan fingerprint density at radius 2 is 2.05 bits per heavy atom. The Labute approximate surface area is 128 Å². The number of hydrogen-bond acceptors (Lipinski definition) is 3. The van der Waals surface area contributed by atoms with E-state index in [0.717, 1.165) is 49.4 Å². The van der Waals surface area contributed by atoms with Gasteiger partial charge in [-0.05, 0) is 62.7 Å². The summed E-state index contributed by atoms with van der Waals surface area (Å²) in [5.41, 5.74) is 6.02. The molecule has 2 aliphatic rings. The smallest absolute Gasteiger partial charge is 0.305 e. The minimum Gasteiger partial charge on any atom is -0.469 e. The molecule has 1 fully saturated rings. The second-order valence-corrected chi connectivity index (χ2v) is 6.66. The standard InChI is InChI=1S/C18H29NO2/c1-13(19)11-17-15-10-9-14(12-15)16(17)7-5-3-4-6-8-18(20)21-2/h3,5,9-10,13-17H,4,6-8,11-12,19H2,1-2H3. The number of hydrogen-bond donors (Lipinski definition) is 1. The van der Waals surface area contributed by atoms with E-state index in [0.29, 0.717) is 12.5 Å². The fourth-order valence-corrected chi connectivity index (χ4v) is 3.99. The molecule has 0 spiro atoms. The Morgan fingerprint density at radius 1 is 1.33 bits per heavy atom. The van der Waals surface area contributed by atoms with Crippen molar-refractivity contribution in [1.82, 2.24) is 0 Å². The van der Waals surface area contributed by atoms with E-state index in [9.17, 15) is 4.79 Å². The van der Waals surface area contributed by atoms with Crippen LogP contribution in [0.25, 0.3) is 0 Å². The Hall–Kier alpha value is -1.09. The number of fused-ring (bicyclic) bond motifs is 2. The van der Waals surface area contributed by atoms with Gasteiger partial charge in [-0.3, -0.25) is 4.79 Å². The molecular weight excluding hydrogens is 262 g/mol. The molecule has 118 valence electrons. The van der Waals surface area contributed by atoms with Crippen LogP contribution in [0.5, 0.6) is 0 Å². The molecule has 2 aliphatic carbocycles. The van der Waals surface area contributed by atoms with Crippen LogP contribution in [0.2, 0.25) is 0 Å². The van der Waals surface area contributed by atoms with Crippen molar-refractivity contribution in [1.29, 1.82) is 0 Å². The molecule has 0 aromatic rings. The molecule has 5 unspecified atom stereocenters. The molecule has 0 saturated heterocycles. The molecule has 2 rings (SSSR count). The highest BCUT2D eigenvalue weighted by Crippen LogP contribution is 2.51. The lowest BCUT2D eigenvalue weighted by Crippen LogP contribution is -2.27. The van der Waals surface area contributed by atoms with E-state index in [1.807, 2.05) is 0 Å². The summed E-state index contributed by atoms with van der Waals surface area (Å²) in [5.74, 6) is 2.94. The van der Waals surface area contributed by atoms with E-state index in [2.05, 4.69) is 36.0 Å². The fraction of sp³-hybridized carbons (Fsp3) is 0.722. The predicted octanol–water partition coefficient (Wildman–Crippen LogP) is 3.45. The van der Waals surface area contributed by atoms with Crippen molar-refractivity contribution in [3.8, 4) is 0 Å². The van der Waals surface area contributed by atoms with Gasteiger partial charge in [0.1, 0.15) is 0 Å². The predicted molar refractivity (Wildman–Crippen MR) is 85.6 cm³/mol. The van der Waals surface area contributed by atoms with E-state index in [1.165, 1.54) is 13.5 Å². The minimum absolute atomic E-state index is 0.112. The molecule has 3 nitrogen and oxygen atoms in total. The molecule has 2 N–H and O–H groups in total. The maximum Gasteiger partial charge on any atom is 0.305 e. The number of carbonyl (C=O) groups is 1. The summed E-state index contributed by atoms with van der Waals surface area (Å²) >= 11 is 0. The maximum atomic E-state index is 11.0. The van der Waals surface area contributed by atoms with Gasteiger partial charge in [0, 0.05) is 12.5 Å². The second-order valence-electron chi connectivity index (χ2n) is 6.66. The van der Waals surface area contributed by atoms with Gasteiger partial charge >= 0.3 is 5.97 Å². The van der Waals surface area contributed by atoms with Crippen molar-refractivity contribution in [3.63, 3.8) is 0 Å². The van der Waals surface area contributed by atoms with Gasteiger partial charge in [-0.15, -0.1) is 0 Å². The Bertz CT molecular complexity index is 400. The van der Waals surface area contributed by atoms with Gasteiger partial charge in [-0.1, -0.05) is 24.3 Å². The highest BCUT2D eigenvalue weighted by atomic mass is 16.5. The Morgan fingerprint density at radius 3 is 2.71 bits per heavy atom. The summed E-state index contributed by atoms with van der Waals surface area (Å²) in [5, 5.41) is 0. The summed E-state index contributed by atoms with van der Waals surface area (Å²) < 4.78 is 4.64. The van der Waals surface area contributed by atoms with Crippen LogP contribution in [0.15, 0.2) is 24.3 Å². The number of methoxy groups -OCH3 is 1. The number of esters is 1. The van der Waals surface area contributed by atoms with Crippen LogP contribution in [0, 0.1) is 23.7 Å². The first kappa shape index (κ1) is 16.3. The molecule has 2 bridgehead atoms. The quantitative estimate of drug-likeness (QED) is 0.423. The highest BCUT2D eigenvalue weighted by molar-refractivity contribution is 5.69. The van der Waals surface area contributed by atoms with Crippen LogP contribution in [0.3, 0.4) is 0 Å². The molecule has 0 heterocycles. The number of rotatable bonds is 8. The van der Waals surface area contributed by atoms with Gasteiger partial charge in [-0.2, -0.15) is 0 Å². The van der Waals surface area contributed by atoms with Gasteiger partial charge in [0.15, 0.2) is 0 Å². The average molecular weight is 291 g/mol. The molecular formula is C18H29NO2. The van der Waals surface area contributed by atoms with E-state index in [1.54, 1.807) is 0 Å². The Kier molecular flexibility index (Phi) is 6.04. The van der Waals surface area contributed by atoms with Crippen LogP contribution >= 0.6 is 0 Å². The lowest BCUT2D eigenvalue weighted by molar-refractivity contribution is -0.140. The number of unbranched alkanes of at least 4 members (excludes halogenated alkanes) is 1. The fourth-order valence-electron chi connectivity index (χ4n) is 3.99. The summed E-state index contributed by atoms with van der Waals surface area (Å²) in [7, 11) is 1.44. The summed E-state index contributed by atoms with van der Waals surface area (Å²) in [6, 6.07) is 0.300. The van der Waals surface area contributed by atoms with Crippen molar-refractivity contribution in [2.75, 3.05) is 7.11 Å². The normalized spacial score (nSPS) is 32.0. The zero-order valence-corrected chi connectivity index (χ0v) is 13.3. The molecule has 0 radical (unpaired) electrons. The summed E-state index contributed by atoms with van der Waals surface area (Å²) in [4.78, 5) is 11.0. The first-order chi connectivity index (χ1) is 10.1. The van der Waals surface area contributed by atoms with Gasteiger partial charge in [-0.25, -0.2) is 0 Å². The molecule has 0 aromatic heterocycles. The molecule has 5 atom stereocenters. The van der Waals surface area contributed by atoms with Crippen LogP contribution in [0.1, 0.15) is 45.4 Å². The van der Waals surface area contributed by atoms with Gasteiger partial charge < -0.3 is 10.5 Å². The van der Waals surface area contributed by atoms with Crippen molar-refractivity contribution in [2.24, 2.45) is 29.4 Å². The molecule has 21 heavy (non-hydrogen) atoms. The van der Waals surface area contributed by atoms with Crippen molar-refractivity contribution in [2.45, 2.75) is 51.5 Å². The van der Waals surface area contributed by atoms with Crippen LogP contribution < -0.4 is 5.73 Å². The van der Waals surface area contributed by atoms with Crippen molar-refractivity contribution >= 4 is 5.97 Å². The third-order valence-corrected chi connectivity index (χ3v) is 5.00. The average Bonchev–Trinajstić information content (AvgIpc) is 3.04. The van der Waals surface area contributed by atoms with Gasteiger partial charge in [0.25, 0.3) is 0 Å². The monoisotopic (exact) mass is 291 g/mol. The van der Waals surface area contributed by atoms with Gasteiger partial charge in [0.2, 0.25) is 0 Å². The van der Waals surface area contributed by atoms with E-state index >= 15 is 0 Å². The summed E-state index contributed by atoms with van der Waals surface area (Å²) in [6.07, 6.45) is 15.3. The van der Waals surface area contributed by atoms with Crippen LogP contribution in [-0.2, 0) is 9.53 Å². The Balaban J connectivity index is 1.74. The van der Waals surface area contributed by atoms with Crippen molar-refractivity contribution in [3.05, 3.63) is 24.3 Å². The topological polar surface area (TPSA) is 52.3 Å².